The number of rotatable bonds is 6. The molecule has 1 aliphatic heterocycles. The van der Waals surface area contributed by atoms with E-state index in [9.17, 15) is 19.2 Å². The van der Waals surface area contributed by atoms with Gasteiger partial charge in [-0.2, -0.15) is 0 Å². The van der Waals surface area contributed by atoms with Gasteiger partial charge in [-0.25, -0.2) is 0 Å². The zero-order chi connectivity index (χ0) is 32.5. The van der Waals surface area contributed by atoms with Crippen LogP contribution in [0.2, 0.25) is 0 Å². The van der Waals surface area contributed by atoms with E-state index in [4.69, 9.17) is 5.11 Å². The van der Waals surface area contributed by atoms with Crippen LogP contribution in [0.1, 0.15) is 84.4 Å². The van der Waals surface area contributed by atoms with Crippen LogP contribution in [0.3, 0.4) is 0 Å². The lowest BCUT2D eigenvalue weighted by Crippen LogP contribution is -2.27. The molecule has 1 aliphatic carbocycles. The van der Waals surface area contributed by atoms with E-state index in [1.54, 1.807) is 20.8 Å². The number of hydrogen-bond acceptors (Lipinski definition) is 4. The molecule has 0 bridgehead atoms. The molecule has 0 saturated heterocycles. The predicted molar refractivity (Wildman–Crippen MR) is 180 cm³/mol. The number of benzene rings is 4. The van der Waals surface area contributed by atoms with E-state index in [0.717, 1.165) is 40.9 Å². The van der Waals surface area contributed by atoms with Gasteiger partial charge in [0.05, 0.1) is 0 Å². The van der Waals surface area contributed by atoms with Gasteiger partial charge in [-0.15, -0.1) is 0 Å². The van der Waals surface area contributed by atoms with Gasteiger partial charge >= 0.3 is 5.97 Å². The number of hydrogen-bond donors (Lipinski definition) is 1. The van der Waals surface area contributed by atoms with Gasteiger partial charge in [0.15, 0.2) is 11.6 Å². The Morgan fingerprint density at radius 2 is 1.07 bits per heavy atom. The Bertz CT molecular complexity index is 1690. The van der Waals surface area contributed by atoms with Crippen LogP contribution in [0.5, 0.6) is 0 Å². The summed E-state index contributed by atoms with van der Waals surface area (Å²) in [5.41, 5.74) is 11.4. The molecule has 1 amide bonds. The van der Waals surface area contributed by atoms with Crippen molar-refractivity contribution in [3.8, 4) is 22.3 Å². The first-order valence-corrected chi connectivity index (χ1v) is 15.6. The van der Waals surface area contributed by atoms with Gasteiger partial charge in [0.2, 0.25) is 5.91 Å². The molecule has 0 aromatic heterocycles. The van der Waals surface area contributed by atoms with Crippen molar-refractivity contribution in [3.63, 3.8) is 0 Å². The quantitative estimate of drug-likeness (QED) is 0.224. The number of carbonyl (C=O) groups excluding carboxylic acids is 3. The maximum atomic E-state index is 11.9. The SMILES string of the molecule is CC(=O)c1ccc(-c2ccc3c(c2)CCC3)cc1.CCC(=O)N1CCc2cc(-c3ccc(C(C)=O)cc3)ccc21.CCC(=O)O. The summed E-state index contributed by atoms with van der Waals surface area (Å²) in [6.45, 7) is 7.44. The minimum Gasteiger partial charge on any atom is -0.481 e. The van der Waals surface area contributed by atoms with Crippen LogP contribution < -0.4 is 4.90 Å². The number of carboxylic acids is 1. The molecule has 0 unspecified atom stereocenters. The standard InChI is InChI=1S/C19H19NO2.C17H16O.C3H6O2/c1-3-19(22)20-11-10-17-12-16(8-9-18(17)20)15-6-4-14(5-7-15)13(2)21;1-12(18)13-5-7-15(8-6-13)17-10-9-14-3-2-4-16(14)11-17;1-2-3(4)5/h4-9,12H,3,10-11H2,1-2H3;5-11H,2-4H2,1H3;2H2,1H3,(H,4,5). The van der Waals surface area contributed by atoms with Crippen molar-refractivity contribution in [2.45, 2.75) is 66.2 Å². The number of aliphatic carboxylic acids is 1. The molecule has 0 spiro atoms. The fourth-order valence-corrected chi connectivity index (χ4v) is 5.58. The number of anilines is 1. The van der Waals surface area contributed by atoms with Gasteiger partial charge in [-0.1, -0.05) is 86.6 Å². The van der Waals surface area contributed by atoms with Crippen molar-refractivity contribution >= 4 is 29.1 Å². The van der Waals surface area contributed by atoms with Gasteiger partial charge in [-0.05, 0) is 90.6 Å². The molecule has 1 N–H and O–H groups in total. The third kappa shape index (κ3) is 8.42. The van der Waals surface area contributed by atoms with Gasteiger partial charge in [0.1, 0.15) is 0 Å². The molecule has 0 atom stereocenters. The van der Waals surface area contributed by atoms with E-state index >= 15 is 0 Å². The molecule has 4 aromatic rings. The highest BCUT2D eigenvalue weighted by atomic mass is 16.4. The van der Waals surface area contributed by atoms with E-state index in [1.807, 2.05) is 72.5 Å². The molecule has 0 saturated carbocycles. The Balaban J connectivity index is 0.000000181. The highest BCUT2D eigenvalue weighted by molar-refractivity contribution is 5.96. The molecular formula is C39H41NO5. The number of aryl methyl sites for hydroxylation is 2. The minimum atomic E-state index is -0.745. The summed E-state index contributed by atoms with van der Waals surface area (Å²) in [6.07, 6.45) is 5.36. The second-order valence-electron chi connectivity index (χ2n) is 11.3. The van der Waals surface area contributed by atoms with Gasteiger partial charge in [-0.3, -0.25) is 19.2 Å². The average Bonchev–Trinajstić information content (AvgIpc) is 3.71. The maximum absolute atomic E-state index is 11.9. The molecule has 0 fully saturated rings. The number of nitrogens with zero attached hydrogens (tertiary/aromatic N) is 1. The Morgan fingerprint density at radius 3 is 1.56 bits per heavy atom. The average molecular weight is 604 g/mol. The van der Waals surface area contributed by atoms with Gasteiger partial charge < -0.3 is 10.0 Å². The highest BCUT2D eigenvalue weighted by Gasteiger charge is 2.23. The van der Waals surface area contributed by atoms with E-state index in [2.05, 4.69) is 24.3 Å². The van der Waals surface area contributed by atoms with Crippen molar-refractivity contribution in [2.75, 3.05) is 11.4 Å². The number of Topliss-reactive ketones (excluding diaryl/α,β-unsaturated/α-hetero) is 2. The summed E-state index contributed by atoms with van der Waals surface area (Å²) in [4.78, 5) is 45.8. The second-order valence-corrected chi connectivity index (χ2v) is 11.3. The van der Waals surface area contributed by atoms with Gasteiger partial charge in [0, 0.05) is 36.2 Å². The van der Waals surface area contributed by atoms with Crippen LogP contribution in [0.4, 0.5) is 5.69 Å². The lowest BCUT2D eigenvalue weighted by Gasteiger charge is -2.16. The summed E-state index contributed by atoms with van der Waals surface area (Å²) < 4.78 is 0. The number of ketones is 2. The number of amides is 1. The number of carboxylic acid groups (broad SMARTS) is 1. The molecule has 2 aliphatic rings. The third-order valence-electron chi connectivity index (χ3n) is 8.23. The van der Waals surface area contributed by atoms with E-state index < -0.39 is 5.97 Å². The smallest absolute Gasteiger partial charge is 0.303 e. The van der Waals surface area contributed by atoms with Crippen molar-refractivity contribution in [1.29, 1.82) is 0 Å². The second kappa shape index (κ2) is 15.2. The molecule has 232 valence electrons. The van der Waals surface area contributed by atoms with Crippen molar-refractivity contribution < 1.29 is 24.3 Å². The largest absolute Gasteiger partial charge is 0.481 e. The van der Waals surface area contributed by atoms with E-state index in [1.165, 1.54) is 47.1 Å². The van der Waals surface area contributed by atoms with E-state index in [0.29, 0.717) is 6.42 Å². The van der Waals surface area contributed by atoms with E-state index in [-0.39, 0.29) is 23.9 Å². The van der Waals surface area contributed by atoms with Crippen LogP contribution >= 0.6 is 0 Å². The lowest BCUT2D eigenvalue weighted by molar-refractivity contribution is -0.136. The molecule has 4 aromatic carbocycles. The molecule has 6 heteroatoms. The molecule has 1 heterocycles. The molecule has 0 radical (unpaired) electrons. The summed E-state index contributed by atoms with van der Waals surface area (Å²) in [5, 5.41) is 7.72. The zero-order valence-electron chi connectivity index (χ0n) is 26.6. The van der Waals surface area contributed by atoms with Crippen molar-refractivity contribution in [3.05, 3.63) is 113 Å². The summed E-state index contributed by atoms with van der Waals surface area (Å²) in [6, 6.07) is 28.5. The van der Waals surface area contributed by atoms with Crippen molar-refractivity contribution in [2.24, 2.45) is 0 Å². The molecule has 6 nitrogen and oxygen atoms in total. The predicted octanol–water partition coefficient (Wildman–Crippen LogP) is 8.38. The Labute approximate surface area is 265 Å². The number of carbonyl (C=O) groups is 4. The Morgan fingerprint density at radius 1 is 0.600 bits per heavy atom. The molecular weight excluding hydrogens is 562 g/mol. The van der Waals surface area contributed by atoms with Crippen molar-refractivity contribution in [1.82, 2.24) is 0 Å². The Hall–Kier alpha value is -4.84. The minimum absolute atomic E-state index is 0.0780. The van der Waals surface area contributed by atoms with Crippen LogP contribution in [0.15, 0.2) is 84.9 Å². The first kappa shape index (κ1) is 33.1. The Kier molecular flexibility index (Phi) is 11.2. The molecule has 6 rings (SSSR count). The topological polar surface area (TPSA) is 91.8 Å². The summed E-state index contributed by atoms with van der Waals surface area (Å²) in [7, 11) is 0. The van der Waals surface area contributed by atoms with Crippen LogP contribution in [0, 0.1) is 0 Å². The van der Waals surface area contributed by atoms with Crippen LogP contribution in [-0.2, 0) is 28.9 Å². The normalized spacial score (nSPS) is 12.6. The van der Waals surface area contributed by atoms with Gasteiger partial charge in [0.25, 0.3) is 0 Å². The first-order chi connectivity index (χ1) is 21.6. The summed E-state index contributed by atoms with van der Waals surface area (Å²) >= 11 is 0. The third-order valence-corrected chi connectivity index (χ3v) is 8.23. The number of fused-ring (bicyclic) bond motifs is 2. The first-order valence-electron chi connectivity index (χ1n) is 15.6. The zero-order valence-corrected chi connectivity index (χ0v) is 26.6. The fraction of sp³-hybridized carbons (Fsp3) is 0.282. The molecule has 45 heavy (non-hydrogen) atoms. The highest BCUT2D eigenvalue weighted by Crippen LogP contribution is 2.33. The van der Waals surface area contributed by atoms with Crippen LogP contribution in [-0.4, -0.2) is 35.1 Å². The monoisotopic (exact) mass is 603 g/mol. The summed E-state index contributed by atoms with van der Waals surface area (Å²) in [5.74, 6) is -0.368. The van der Waals surface area contributed by atoms with Crippen LogP contribution in [0.25, 0.3) is 22.3 Å². The maximum Gasteiger partial charge on any atom is 0.303 e. The fourth-order valence-electron chi connectivity index (χ4n) is 5.58. The lowest BCUT2D eigenvalue weighted by atomic mass is 9.99.